The fourth-order valence-corrected chi connectivity index (χ4v) is 2.85. The second-order valence-corrected chi connectivity index (χ2v) is 6.02. The molecule has 7 heteroatoms. The highest BCUT2D eigenvalue weighted by molar-refractivity contribution is 6.33. The zero-order valence-corrected chi connectivity index (χ0v) is 14.6. The number of aromatic nitrogens is 2. The van der Waals surface area contributed by atoms with Gasteiger partial charge in [0, 0.05) is 12.6 Å². The van der Waals surface area contributed by atoms with Crippen LogP contribution in [-0.2, 0) is 11.8 Å². The van der Waals surface area contributed by atoms with E-state index in [0.29, 0.717) is 16.8 Å². The average Bonchev–Trinajstić information content (AvgIpc) is 2.96. The number of aryl methyl sites for hydroxylation is 1. The minimum Gasteiger partial charge on any atom is -0.479 e. The predicted octanol–water partition coefficient (Wildman–Crippen LogP) is 3.30. The van der Waals surface area contributed by atoms with Gasteiger partial charge in [-0.15, -0.1) is 0 Å². The Balaban J connectivity index is 1.99. The Kier molecular flexibility index (Phi) is 5.04. The van der Waals surface area contributed by atoms with E-state index in [1.54, 1.807) is 49.5 Å². The van der Waals surface area contributed by atoms with E-state index in [-0.39, 0.29) is 10.7 Å². The number of rotatable bonds is 5. The van der Waals surface area contributed by atoms with Gasteiger partial charge in [0.25, 0.3) is 5.91 Å². The maximum Gasteiger partial charge on any atom is 0.330 e. The van der Waals surface area contributed by atoms with Crippen molar-refractivity contribution in [3.8, 4) is 11.3 Å². The number of hydrogen-bond donors (Lipinski definition) is 2. The number of carboxylic acid groups (broad SMARTS) is 1. The summed E-state index contributed by atoms with van der Waals surface area (Å²) in [5.41, 5.74) is 1.72. The van der Waals surface area contributed by atoms with Gasteiger partial charge in [-0.05, 0) is 5.56 Å². The third-order valence-electron chi connectivity index (χ3n) is 3.91. The van der Waals surface area contributed by atoms with Crippen LogP contribution in [0.25, 0.3) is 11.3 Å². The second kappa shape index (κ2) is 7.41. The van der Waals surface area contributed by atoms with Crippen LogP contribution in [0.1, 0.15) is 22.0 Å². The lowest BCUT2D eigenvalue weighted by Gasteiger charge is -2.15. The van der Waals surface area contributed by atoms with E-state index < -0.39 is 17.9 Å². The van der Waals surface area contributed by atoms with Crippen molar-refractivity contribution < 1.29 is 14.7 Å². The van der Waals surface area contributed by atoms with Gasteiger partial charge in [-0.25, -0.2) is 4.79 Å². The molecule has 1 aromatic heterocycles. The lowest BCUT2D eigenvalue weighted by atomic mass is 10.0. The fourth-order valence-electron chi connectivity index (χ4n) is 2.64. The minimum absolute atomic E-state index is 0.138. The molecule has 0 saturated carbocycles. The van der Waals surface area contributed by atoms with E-state index in [0.717, 1.165) is 0 Å². The molecule has 132 valence electrons. The van der Waals surface area contributed by atoms with Crippen LogP contribution < -0.4 is 5.32 Å². The Morgan fingerprint density at radius 2 is 1.65 bits per heavy atom. The molecule has 0 aliphatic carbocycles. The van der Waals surface area contributed by atoms with Gasteiger partial charge in [0.15, 0.2) is 6.04 Å². The Bertz CT molecular complexity index is 939. The number of amides is 1. The highest BCUT2D eigenvalue weighted by atomic mass is 35.5. The van der Waals surface area contributed by atoms with E-state index in [1.807, 2.05) is 18.2 Å². The molecule has 0 bridgehead atoms. The first-order chi connectivity index (χ1) is 12.5. The maximum absolute atomic E-state index is 12.8. The van der Waals surface area contributed by atoms with Crippen molar-refractivity contribution in [2.75, 3.05) is 0 Å². The van der Waals surface area contributed by atoms with Gasteiger partial charge in [-0.3, -0.25) is 9.48 Å². The number of carboxylic acids is 1. The van der Waals surface area contributed by atoms with Gasteiger partial charge in [0.2, 0.25) is 0 Å². The number of carbonyl (C=O) groups is 2. The maximum atomic E-state index is 12.8. The molecule has 1 atom stereocenters. The van der Waals surface area contributed by atoms with Crippen LogP contribution >= 0.6 is 11.6 Å². The zero-order valence-electron chi connectivity index (χ0n) is 13.9. The van der Waals surface area contributed by atoms with Gasteiger partial charge >= 0.3 is 5.97 Å². The number of benzene rings is 2. The van der Waals surface area contributed by atoms with Crippen LogP contribution in [0, 0.1) is 0 Å². The van der Waals surface area contributed by atoms with Gasteiger partial charge in [-0.1, -0.05) is 72.3 Å². The Morgan fingerprint density at radius 1 is 1.08 bits per heavy atom. The summed E-state index contributed by atoms with van der Waals surface area (Å²) in [7, 11) is 1.62. The first kappa shape index (κ1) is 17.7. The molecule has 3 rings (SSSR count). The summed E-state index contributed by atoms with van der Waals surface area (Å²) in [6.45, 7) is 0. The van der Waals surface area contributed by atoms with E-state index in [4.69, 9.17) is 11.6 Å². The molecule has 0 radical (unpaired) electrons. The van der Waals surface area contributed by atoms with E-state index >= 15 is 0 Å². The van der Waals surface area contributed by atoms with Crippen molar-refractivity contribution >= 4 is 23.5 Å². The number of aliphatic carboxylic acids is 1. The fraction of sp³-hybridized carbons (Fsp3) is 0.105. The standard InChI is InChI=1S/C19H16ClN3O3/c1-23-17(20)14(15(22-23)12-8-4-2-5-9-12)18(24)21-16(19(25)26)13-10-6-3-7-11-13/h2-11,16H,1H3,(H,21,24)(H,25,26)/t16-/m1/s1. The number of hydrogen-bond acceptors (Lipinski definition) is 3. The zero-order chi connectivity index (χ0) is 18.7. The van der Waals surface area contributed by atoms with Crippen LogP contribution in [0.3, 0.4) is 0 Å². The Morgan fingerprint density at radius 3 is 2.23 bits per heavy atom. The summed E-state index contributed by atoms with van der Waals surface area (Å²) in [6, 6.07) is 16.4. The molecule has 2 aromatic carbocycles. The molecule has 0 spiro atoms. The van der Waals surface area contributed by atoms with Crippen LogP contribution in [0.4, 0.5) is 0 Å². The molecule has 0 saturated heterocycles. The smallest absolute Gasteiger partial charge is 0.330 e. The molecule has 26 heavy (non-hydrogen) atoms. The van der Waals surface area contributed by atoms with Crippen LogP contribution in [0.2, 0.25) is 5.15 Å². The van der Waals surface area contributed by atoms with E-state index in [9.17, 15) is 14.7 Å². The number of nitrogens with one attached hydrogen (secondary N) is 1. The molecule has 0 unspecified atom stereocenters. The second-order valence-electron chi connectivity index (χ2n) is 5.66. The third-order valence-corrected chi connectivity index (χ3v) is 4.34. The SMILES string of the molecule is Cn1nc(-c2ccccc2)c(C(=O)N[C@@H](C(=O)O)c2ccccc2)c1Cl. The molecule has 0 aliphatic heterocycles. The molecule has 0 fully saturated rings. The summed E-state index contributed by atoms with van der Waals surface area (Å²) >= 11 is 6.26. The lowest BCUT2D eigenvalue weighted by molar-refractivity contribution is -0.139. The van der Waals surface area contributed by atoms with Crippen molar-refractivity contribution in [3.05, 3.63) is 76.9 Å². The monoisotopic (exact) mass is 369 g/mol. The number of nitrogens with zero attached hydrogens (tertiary/aromatic N) is 2. The summed E-state index contributed by atoms with van der Waals surface area (Å²) in [5.74, 6) is -1.76. The van der Waals surface area contributed by atoms with Crippen LogP contribution in [-0.4, -0.2) is 26.8 Å². The lowest BCUT2D eigenvalue weighted by Crippen LogP contribution is -2.34. The molecule has 1 heterocycles. The summed E-state index contributed by atoms with van der Waals surface area (Å²) in [4.78, 5) is 24.5. The molecular formula is C19H16ClN3O3. The van der Waals surface area contributed by atoms with Crippen LogP contribution in [0.5, 0.6) is 0 Å². The first-order valence-electron chi connectivity index (χ1n) is 7.85. The molecule has 0 aliphatic rings. The highest BCUT2D eigenvalue weighted by Crippen LogP contribution is 2.28. The first-order valence-corrected chi connectivity index (χ1v) is 8.23. The Hall–Kier alpha value is -3.12. The van der Waals surface area contributed by atoms with Crippen molar-refractivity contribution in [1.29, 1.82) is 0 Å². The van der Waals surface area contributed by atoms with Crippen molar-refractivity contribution in [3.63, 3.8) is 0 Å². The molecule has 3 aromatic rings. The normalized spacial score (nSPS) is 11.8. The van der Waals surface area contributed by atoms with Gasteiger partial charge < -0.3 is 10.4 Å². The van der Waals surface area contributed by atoms with Gasteiger partial charge in [0.1, 0.15) is 16.4 Å². The number of carbonyl (C=O) groups excluding carboxylic acids is 1. The third kappa shape index (κ3) is 3.45. The van der Waals surface area contributed by atoms with Gasteiger partial charge in [-0.2, -0.15) is 5.10 Å². The minimum atomic E-state index is -1.19. The molecular weight excluding hydrogens is 354 g/mol. The van der Waals surface area contributed by atoms with E-state index in [2.05, 4.69) is 10.4 Å². The largest absolute Gasteiger partial charge is 0.479 e. The summed E-state index contributed by atoms with van der Waals surface area (Å²) < 4.78 is 1.39. The average molecular weight is 370 g/mol. The van der Waals surface area contributed by atoms with E-state index in [1.165, 1.54) is 4.68 Å². The quantitative estimate of drug-likeness (QED) is 0.722. The molecule has 6 nitrogen and oxygen atoms in total. The van der Waals surface area contributed by atoms with Crippen molar-refractivity contribution in [2.24, 2.45) is 7.05 Å². The van der Waals surface area contributed by atoms with Crippen LogP contribution in [0.15, 0.2) is 60.7 Å². The Labute approximate surface area is 155 Å². The van der Waals surface area contributed by atoms with Crippen molar-refractivity contribution in [1.82, 2.24) is 15.1 Å². The molecule has 1 amide bonds. The summed E-state index contributed by atoms with van der Waals surface area (Å²) in [5, 5.41) is 16.5. The topological polar surface area (TPSA) is 84.2 Å². The van der Waals surface area contributed by atoms with Crippen molar-refractivity contribution in [2.45, 2.75) is 6.04 Å². The molecule has 2 N–H and O–H groups in total. The highest BCUT2D eigenvalue weighted by Gasteiger charge is 2.28. The predicted molar refractivity (Wildman–Crippen MR) is 97.9 cm³/mol. The summed E-state index contributed by atoms with van der Waals surface area (Å²) in [6.07, 6.45) is 0. The van der Waals surface area contributed by atoms with Gasteiger partial charge in [0.05, 0.1) is 0 Å². The number of halogens is 1.